The summed E-state index contributed by atoms with van der Waals surface area (Å²) in [7, 11) is -1.04. The SMILES string of the molecule is c1ccc2cc(-c3ccc(OB(Oc4ccc(-c5ccc6ccccc6c5)cc4)Oc4ccc(-c5ccc6ccccc6c5)cc4)cc3)ccc2c1. The van der Waals surface area contributed by atoms with Crippen molar-refractivity contribution in [1.82, 2.24) is 0 Å². The van der Waals surface area contributed by atoms with Gasteiger partial charge in [0, 0.05) is 0 Å². The van der Waals surface area contributed by atoms with E-state index >= 15 is 0 Å². The zero-order valence-electron chi connectivity index (χ0n) is 28.4. The number of fused-ring (bicyclic) bond motifs is 3. The Bertz CT molecular complexity index is 2350. The van der Waals surface area contributed by atoms with Gasteiger partial charge in [0.25, 0.3) is 0 Å². The highest BCUT2D eigenvalue weighted by atomic mass is 16.7. The lowest BCUT2D eigenvalue weighted by Gasteiger charge is -2.17. The maximum atomic E-state index is 6.37. The quantitative estimate of drug-likeness (QED) is 0.143. The number of hydrogen-bond donors (Lipinski definition) is 0. The van der Waals surface area contributed by atoms with Gasteiger partial charge >= 0.3 is 7.32 Å². The Labute approximate surface area is 303 Å². The maximum absolute atomic E-state index is 6.37. The molecule has 9 rings (SSSR count). The highest BCUT2D eigenvalue weighted by Gasteiger charge is 2.30. The molecule has 3 nitrogen and oxygen atoms in total. The standard InChI is InChI=1S/C48H33BO3/c1-4-10-40-31-43(16-13-34(40)7-1)37-19-25-46(26-20-37)50-49(51-47-27-21-38(22-28-47)44-17-14-35-8-2-5-11-41(35)32-44)52-48-29-23-39(24-30-48)45-18-15-36-9-3-6-12-42(36)33-45/h1-33H. The Balaban J connectivity index is 0.965. The molecular formula is C48H33BO3. The molecule has 0 heterocycles. The Kier molecular flexibility index (Phi) is 8.32. The van der Waals surface area contributed by atoms with Crippen LogP contribution >= 0.6 is 0 Å². The van der Waals surface area contributed by atoms with Crippen LogP contribution in [0.25, 0.3) is 65.7 Å². The van der Waals surface area contributed by atoms with Crippen LogP contribution in [0.1, 0.15) is 0 Å². The molecule has 9 aromatic carbocycles. The van der Waals surface area contributed by atoms with Crippen molar-refractivity contribution in [3.63, 3.8) is 0 Å². The smallest absolute Gasteiger partial charge is 0.490 e. The largest absolute Gasteiger partial charge is 0.864 e. The van der Waals surface area contributed by atoms with E-state index in [1.807, 2.05) is 36.4 Å². The van der Waals surface area contributed by atoms with Crippen molar-refractivity contribution in [2.24, 2.45) is 0 Å². The lowest BCUT2D eigenvalue weighted by Crippen LogP contribution is -2.36. The summed E-state index contributed by atoms with van der Waals surface area (Å²) in [5.41, 5.74) is 6.74. The van der Waals surface area contributed by atoms with E-state index < -0.39 is 7.32 Å². The molecule has 0 aliphatic carbocycles. The molecule has 0 bridgehead atoms. The summed E-state index contributed by atoms with van der Waals surface area (Å²) in [4.78, 5) is 0. The third-order valence-electron chi connectivity index (χ3n) is 9.51. The zero-order chi connectivity index (χ0) is 34.7. The minimum atomic E-state index is -1.04. The fraction of sp³-hybridized carbons (Fsp3) is 0. The summed E-state index contributed by atoms with van der Waals surface area (Å²) in [6.07, 6.45) is 0. The minimum Gasteiger partial charge on any atom is -0.490 e. The number of hydrogen-bond acceptors (Lipinski definition) is 3. The van der Waals surface area contributed by atoms with Crippen LogP contribution in [0.2, 0.25) is 0 Å². The van der Waals surface area contributed by atoms with Crippen LogP contribution in [0.3, 0.4) is 0 Å². The van der Waals surface area contributed by atoms with Crippen molar-refractivity contribution in [2.75, 3.05) is 0 Å². The number of rotatable bonds is 9. The lowest BCUT2D eigenvalue weighted by molar-refractivity contribution is 0.307. The summed E-state index contributed by atoms with van der Waals surface area (Å²) in [6.45, 7) is 0. The zero-order valence-corrected chi connectivity index (χ0v) is 28.4. The van der Waals surface area contributed by atoms with Crippen molar-refractivity contribution in [2.45, 2.75) is 0 Å². The highest BCUT2D eigenvalue weighted by Crippen LogP contribution is 2.30. The van der Waals surface area contributed by atoms with Gasteiger partial charge in [-0.2, -0.15) is 0 Å². The highest BCUT2D eigenvalue weighted by molar-refractivity contribution is 6.39. The topological polar surface area (TPSA) is 27.7 Å². The van der Waals surface area contributed by atoms with Gasteiger partial charge < -0.3 is 14.0 Å². The van der Waals surface area contributed by atoms with E-state index in [0.29, 0.717) is 17.2 Å². The van der Waals surface area contributed by atoms with E-state index in [0.717, 1.165) is 33.4 Å². The van der Waals surface area contributed by atoms with Crippen LogP contribution in [0.15, 0.2) is 200 Å². The van der Waals surface area contributed by atoms with Gasteiger partial charge in [-0.3, -0.25) is 0 Å². The predicted molar refractivity (Wildman–Crippen MR) is 216 cm³/mol. The second kappa shape index (κ2) is 13.9. The molecule has 0 saturated carbocycles. The predicted octanol–water partition coefficient (Wildman–Crippen LogP) is 12.7. The molecular weight excluding hydrogens is 635 g/mol. The second-order valence-electron chi connectivity index (χ2n) is 12.9. The Hall–Kier alpha value is -6.78. The summed E-state index contributed by atoms with van der Waals surface area (Å²) < 4.78 is 19.1. The van der Waals surface area contributed by atoms with Gasteiger partial charge in [0.05, 0.1) is 0 Å². The molecule has 0 atom stereocenters. The van der Waals surface area contributed by atoms with Crippen LogP contribution in [0, 0.1) is 0 Å². The fourth-order valence-corrected chi connectivity index (χ4v) is 6.69. The molecule has 4 heteroatoms. The van der Waals surface area contributed by atoms with Crippen LogP contribution in [0.4, 0.5) is 0 Å². The van der Waals surface area contributed by atoms with Gasteiger partial charge in [-0.05, 0) is 120 Å². The van der Waals surface area contributed by atoms with Crippen LogP contribution < -0.4 is 14.0 Å². The molecule has 0 unspecified atom stereocenters. The van der Waals surface area contributed by atoms with E-state index in [1.165, 1.54) is 32.3 Å². The third-order valence-corrected chi connectivity index (χ3v) is 9.51. The van der Waals surface area contributed by atoms with Crippen molar-refractivity contribution in [3.8, 4) is 50.6 Å². The van der Waals surface area contributed by atoms with E-state index in [2.05, 4.69) is 164 Å². The summed E-state index contributed by atoms with van der Waals surface area (Å²) in [6, 6.07) is 68.8. The summed E-state index contributed by atoms with van der Waals surface area (Å²) >= 11 is 0. The van der Waals surface area contributed by atoms with E-state index in [-0.39, 0.29) is 0 Å². The maximum Gasteiger partial charge on any atom is 0.864 e. The molecule has 0 N–H and O–H groups in total. The monoisotopic (exact) mass is 668 g/mol. The normalized spacial score (nSPS) is 11.1. The Morgan fingerprint density at radius 1 is 0.231 bits per heavy atom. The average Bonchev–Trinajstić information content (AvgIpc) is 3.21. The first-order valence-corrected chi connectivity index (χ1v) is 17.5. The summed E-state index contributed by atoms with van der Waals surface area (Å²) in [5, 5.41) is 7.29. The first kappa shape index (κ1) is 31.2. The van der Waals surface area contributed by atoms with Gasteiger partial charge in [-0.1, -0.05) is 146 Å². The number of benzene rings is 9. The molecule has 0 spiro atoms. The molecule has 0 aliphatic rings. The van der Waals surface area contributed by atoms with Gasteiger partial charge in [0.15, 0.2) is 0 Å². The van der Waals surface area contributed by atoms with Crippen LogP contribution in [0.5, 0.6) is 17.2 Å². The molecule has 0 aliphatic heterocycles. The van der Waals surface area contributed by atoms with Gasteiger partial charge in [-0.25, -0.2) is 0 Å². The summed E-state index contributed by atoms with van der Waals surface area (Å²) in [5.74, 6) is 1.90. The molecule has 246 valence electrons. The minimum absolute atomic E-state index is 0.634. The van der Waals surface area contributed by atoms with E-state index in [9.17, 15) is 0 Å². The van der Waals surface area contributed by atoms with Crippen LogP contribution in [-0.4, -0.2) is 7.32 Å². The van der Waals surface area contributed by atoms with Crippen molar-refractivity contribution in [1.29, 1.82) is 0 Å². The molecule has 0 fully saturated rings. The van der Waals surface area contributed by atoms with Crippen molar-refractivity contribution >= 4 is 39.6 Å². The molecule has 0 saturated heterocycles. The first-order valence-electron chi connectivity index (χ1n) is 17.5. The van der Waals surface area contributed by atoms with E-state index in [1.54, 1.807) is 0 Å². The van der Waals surface area contributed by atoms with Gasteiger partial charge in [0.1, 0.15) is 17.2 Å². The van der Waals surface area contributed by atoms with Crippen molar-refractivity contribution < 1.29 is 14.0 Å². The lowest BCUT2D eigenvalue weighted by atomic mass is 10.0. The average molecular weight is 669 g/mol. The fourth-order valence-electron chi connectivity index (χ4n) is 6.69. The molecule has 9 aromatic rings. The Morgan fingerprint density at radius 3 is 0.769 bits per heavy atom. The van der Waals surface area contributed by atoms with Crippen molar-refractivity contribution in [3.05, 3.63) is 200 Å². The van der Waals surface area contributed by atoms with E-state index in [4.69, 9.17) is 14.0 Å². The van der Waals surface area contributed by atoms with Gasteiger partial charge in [0.2, 0.25) is 0 Å². The molecule has 0 radical (unpaired) electrons. The molecule has 52 heavy (non-hydrogen) atoms. The van der Waals surface area contributed by atoms with Crippen LogP contribution in [-0.2, 0) is 0 Å². The molecule has 0 amide bonds. The van der Waals surface area contributed by atoms with Gasteiger partial charge in [-0.15, -0.1) is 0 Å². The molecule has 0 aromatic heterocycles. The second-order valence-corrected chi connectivity index (χ2v) is 12.9. The first-order chi connectivity index (χ1) is 25.7. The third kappa shape index (κ3) is 6.70. The Morgan fingerprint density at radius 2 is 0.481 bits per heavy atom.